The van der Waals surface area contributed by atoms with Crippen molar-refractivity contribution in [1.82, 2.24) is 0 Å². The van der Waals surface area contributed by atoms with Crippen LogP contribution in [0, 0.1) is 0 Å². The molecule has 1 aliphatic rings. The van der Waals surface area contributed by atoms with Gasteiger partial charge in [-0.3, -0.25) is 0 Å². The van der Waals surface area contributed by atoms with E-state index in [-0.39, 0.29) is 0 Å². The van der Waals surface area contributed by atoms with Crippen molar-refractivity contribution in [2.45, 2.75) is 0 Å². The van der Waals surface area contributed by atoms with Crippen LogP contribution >= 0.6 is 0 Å². The summed E-state index contributed by atoms with van der Waals surface area (Å²) >= 11 is 0.372. The average molecular weight is 177 g/mol. The molecule has 0 aromatic heterocycles. The van der Waals surface area contributed by atoms with Gasteiger partial charge in [-0.15, -0.1) is 0 Å². The summed E-state index contributed by atoms with van der Waals surface area (Å²) < 4.78 is 1.55. The second-order valence-electron chi connectivity index (χ2n) is 2.00. The Labute approximate surface area is 61.3 Å². The van der Waals surface area contributed by atoms with Crippen molar-refractivity contribution in [2.24, 2.45) is 0 Å². The minimum atomic E-state index is 0.372. The molecule has 0 spiro atoms. The van der Waals surface area contributed by atoms with E-state index in [9.17, 15) is 0 Å². The van der Waals surface area contributed by atoms with E-state index >= 15 is 0 Å². The molecular formula is C8H6As. The van der Waals surface area contributed by atoms with Crippen molar-refractivity contribution < 1.29 is 0 Å². The summed E-state index contributed by atoms with van der Waals surface area (Å²) in [5.41, 5.74) is 1.43. The molecule has 0 bridgehead atoms. The van der Waals surface area contributed by atoms with Gasteiger partial charge in [0.05, 0.1) is 0 Å². The normalized spacial score (nSPS) is 16.4. The fourth-order valence-electron chi connectivity index (χ4n) is 0.944. The Morgan fingerprint density at radius 2 is 2.00 bits per heavy atom. The third kappa shape index (κ3) is 0.839. The molecule has 0 saturated heterocycles. The van der Waals surface area contributed by atoms with Crippen molar-refractivity contribution in [3.63, 3.8) is 0 Å². The molecule has 0 saturated carbocycles. The fourth-order valence-corrected chi connectivity index (χ4v) is 2.76. The Hall–Kier alpha value is -0.482. The van der Waals surface area contributed by atoms with Gasteiger partial charge in [-0.1, -0.05) is 0 Å². The Balaban J connectivity index is 2.63. The van der Waals surface area contributed by atoms with E-state index in [1.165, 1.54) is 5.56 Å². The number of rotatable bonds is 0. The maximum absolute atomic E-state index is 2.29. The van der Waals surface area contributed by atoms with Crippen molar-refractivity contribution in [3.8, 4) is 0 Å². The zero-order valence-electron chi connectivity index (χ0n) is 4.91. The van der Waals surface area contributed by atoms with Gasteiger partial charge in [0.2, 0.25) is 0 Å². The molecular weight excluding hydrogens is 171 g/mol. The third-order valence-corrected chi connectivity index (χ3v) is 3.47. The van der Waals surface area contributed by atoms with Crippen LogP contribution in [0.5, 0.6) is 0 Å². The first kappa shape index (κ1) is 5.31. The summed E-state index contributed by atoms with van der Waals surface area (Å²) in [5, 5.41) is 0. The third-order valence-electron chi connectivity index (χ3n) is 1.40. The van der Waals surface area contributed by atoms with E-state index in [4.69, 9.17) is 0 Å². The quantitative estimate of drug-likeness (QED) is 0.518. The summed E-state index contributed by atoms with van der Waals surface area (Å²) in [6.45, 7) is 0. The van der Waals surface area contributed by atoms with Gasteiger partial charge in [0.1, 0.15) is 0 Å². The van der Waals surface area contributed by atoms with E-state index in [0.717, 1.165) is 0 Å². The summed E-state index contributed by atoms with van der Waals surface area (Å²) in [6.07, 6.45) is 2.22. The zero-order chi connectivity index (χ0) is 6.10. The van der Waals surface area contributed by atoms with Crippen LogP contribution in [-0.4, -0.2) is 15.8 Å². The van der Waals surface area contributed by atoms with Crippen LogP contribution in [0.1, 0.15) is 5.56 Å². The molecule has 0 fully saturated rings. The predicted octanol–water partition coefficient (Wildman–Crippen LogP) is 1.00. The summed E-state index contributed by atoms with van der Waals surface area (Å²) in [5.74, 6) is 0. The van der Waals surface area contributed by atoms with Gasteiger partial charge in [-0.05, 0) is 0 Å². The molecule has 0 nitrogen and oxygen atoms in total. The molecule has 1 aromatic rings. The van der Waals surface area contributed by atoms with Crippen molar-refractivity contribution >= 4 is 26.2 Å². The standard InChI is InChI=1S/C8H6As/c1-2-4-8-7(3-1)5-6-9-8/h1-6H. The van der Waals surface area contributed by atoms with Gasteiger partial charge in [-0.2, -0.15) is 0 Å². The van der Waals surface area contributed by atoms with E-state index in [1.54, 1.807) is 4.35 Å². The number of fused-ring (bicyclic) bond motifs is 1. The van der Waals surface area contributed by atoms with Crippen molar-refractivity contribution in [2.75, 3.05) is 0 Å². The van der Waals surface area contributed by atoms with Crippen molar-refractivity contribution in [3.05, 3.63) is 34.7 Å². The SMILES string of the molecule is C1=Cc2ccccc2[As]1. The maximum atomic E-state index is 2.29. The summed E-state index contributed by atoms with van der Waals surface area (Å²) in [4.78, 5) is 2.29. The molecule has 1 heterocycles. The Bertz CT molecular complexity index is 250. The van der Waals surface area contributed by atoms with E-state index < -0.39 is 0 Å². The predicted molar refractivity (Wildman–Crippen MR) is 40.9 cm³/mol. The molecule has 1 heteroatoms. The van der Waals surface area contributed by atoms with Crippen LogP contribution in [0.3, 0.4) is 0 Å². The van der Waals surface area contributed by atoms with Crippen LogP contribution in [0.2, 0.25) is 0 Å². The molecule has 1 radical (unpaired) electrons. The molecule has 1 aromatic carbocycles. The van der Waals surface area contributed by atoms with Gasteiger partial charge in [-0.25, -0.2) is 0 Å². The monoisotopic (exact) mass is 177 g/mol. The number of hydrogen-bond donors (Lipinski definition) is 0. The Morgan fingerprint density at radius 1 is 1.11 bits per heavy atom. The zero-order valence-corrected chi connectivity index (χ0v) is 6.79. The molecule has 0 amide bonds. The second kappa shape index (κ2) is 2.04. The molecule has 0 aliphatic carbocycles. The van der Waals surface area contributed by atoms with Crippen LogP contribution in [0.4, 0.5) is 0 Å². The number of hydrogen-bond acceptors (Lipinski definition) is 0. The van der Waals surface area contributed by atoms with E-state index in [1.807, 2.05) is 0 Å². The second-order valence-corrected chi connectivity index (χ2v) is 4.18. The van der Waals surface area contributed by atoms with Gasteiger partial charge in [0.25, 0.3) is 0 Å². The van der Waals surface area contributed by atoms with E-state index in [2.05, 4.69) is 35.2 Å². The average Bonchev–Trinajstić information content (AvgIpc) is 2.33. The van der Waals surface area contributed by atoms with Crippen LogP contribution in [-0.2, 0) is 0 Å². The van der Waals surface area contributed by atoms with Crippen LogP contribution in [0.15, 0.2) is 29.1 Å². The molecule has 1 aliphatic heterocycles. The molecule has 43 valence electrons. The first-order chi connectivity index (χ1) is 4.47. The fraction of sp³-hybridized carbons (Fsp3) is 0. The molecule has 2 rings (SSSR count). The first-order valence-electron chi connectivity index (χ1n) is 2.93. The molecule has 9 heavy (non-hydrogen) atoms. The minimum absolute atomic E-state index is 0.372. The molecule has 0 unspecified atom stereocenters. The van der Waals surface area contributed by atoms with Crippen molar-refractivity contribution in [1.29, 1.82) is 0 Å². The Morgan fingerprint density at radius 3 is 2.89 bits per heavy atom. The number of benzene rings is 1. The summed E-state index contributed by atoms with van der Waals surface area (Å²) in [7, 11) is 0. The van der Waals surface area contributed by atoms with Crippen LogP contribution < -0.4 is 4.35 Å². The topological polar surface area (TPSA) is 0 Å². The van der Waals surface area contributed by atoms with Gasteiger partial charge in [0, 0.05) is 0 Å². The molecule has 0 N–H and O–H groups in total. The van der Waals surface area contributed by atoms with Gasteiger partial charge in [0.15, 0.2) is 0 Å². The van der Waals surface area contributed by atoms with E-state index in [0.29, 0.717) is 15.8 Å². The Kier molecular flexibility index (Phi) is 1.20. The molecule has 0 atom stereocenters. The first-order valence-corrected chi connectivity index (χ1v) is 4.95. The van der Waals surface area contributed by atoms with Crippen LogP contribution in [0.25, 0.3) is 6.08 Å². The summed E-state index contributed by atoms with van der Waals surface area (Å²) in [6, 6.07) is 8.60. The van der Waals surface area contributed by atoms with Gasteiger partial charge >= 0.3 is 60.9 Å². The van der Waals surface area contributed by atoms with Gasteiger partial charge < -0.3 is 0 Å².